The summed E-state index contributed by atoms with van der Waals surface area (Å²) in [6, 6.07) is 9.39. The Balaban J connectivity index is 1.48. The van der Waals surface area contributed by atoms with Crippen molar-refractivity contribution in [1.82, 2.24) is 9.55 Å². The van der Waals surface area contributed by atoms with Crippen LogP contribution in [0.5, 0.6) is 0 Å². The summed E-state index contributed by atoms with van der Waals surface area (Å²) in [5, 5.41) is 0.336. The van der Waals surface area contributed by atoms with Gasteiger partial charge in [-0.25, -0.2) is 9.78 Å². The SMILES string of the molecule is Cc1c(C(=O)OCc2ccccc2)sc2ncn(CC(=O)OC3CCCC(C)C3)c(=O)c12. The summed E-state index contributed by atoms with van der Waals surface area (Å²) in [4.78, 5) is 43.1. The van der Waals surface area contributed by atoms with E-state index in [4.69, 9.17) is 9.47 Å². The minimum absolute atomic E-state index is 0.0903. The standard InChI is InChI=1S/C24H26N2O5S/c1-15-7-6-10-18(11-15)31-19(27)12-26-14-25-22-20(23(26)28)16(2)21(32-22)24(29)30-13-17-8-4-3-5-9-17/h3-5,8-9,14-15,18H,6-7,10-13H2,1-2H3. The number of carbonyl (C=O) groups excluding carboxylic acids is 2. The molecule has 2 aromatic heterocycles. The molecule has 168 valence electrons. The fraction of sp³-hybridized carbons (Fsp3) is 0.417. The lowest BCUT2D eigenvalue weighted by Gasteiger charge is -2.26. The molecule has 1 aliphatic carbocycles. The molecule has 4 rings (SSSR count). The van der Waals surface area contributed by atoms with Crippen LogP contribution in [0.15, 0.2) is 41.5 Å². The second-order valence-corrected chi connectivity index (χ2v) is 9.36. The van der Waals surface area contributed by atoms with Gasteiger partial charge in [-0.3, -0.25) is 14.2 Å². The summed E-state index contributed by atoms with van der Waals surface area (Å²) in [7, 11) is 0. The van der Waals surface area contributed by atoms with Crippen LogP contribution in [0.1, 0.15) is 53.4 Å². The van der Waals surface area contributed by atoms with Crippen LogP contribution >= 0.6 is 11.3 Å². The van der Waals surface area contributed by atoms with Crippen LogP contribution in [0.4, 0.5) is 0 Å². The van der Waals surface area contributed by atoms with E-state index < -0.39 is 11.9 Å². The van der Waals surface area contributed by atoms with Gasteiger partial charge in [0.1, 0.15) is 29.0 Å². The number of fused-ring (bicyclic) bond motifs is 1. The molecule has 2 heterocycles. The number of esters is 2. The van der Waals surface area contributed by atoms with E-state index in [2.05, 4.69) is 11.9 Å². The van der Waals surface area contributed by atoms with Crippen LogP contribution in [-0.2, 0) is 27.4 Å². The maximum Gasteiger partial charge on any atom is 0.349 e. The van der Waals surface area contributed by atoms with Crippen LogP contribution in [0.2, 0.25) is 0 Å². The molecule has 2 unspecified atom stereocenters. The quantitative estimate of drug-likeness (QED) is 0.518. The van der Waals surface area contributed by atoms with E-state index in [0.717, 1.165) is 42.6 Å². The lowest BCUT2D eigenvalue weighted by atomic mass is 9.89. The van der Waals surface area contributed by atoms with E-state index in [1.54, 1.807) is 6.92 Å². The molecule has 1 aliphatic rings. The molecule has 0 saturated heterocycles. The van der Waals surface area contributed by atoms with Gasteiger partial charge in [0.15, 0.2) is 0 Å². The van der Waals surface area contributed by atoms with Crippen LogP contribution in [-0.4, -0.2) is 27.6 Å². The van der Waals surface area contributed by atoms with Gasteiger partial charge < -0.3 is 9.47 Å². The van der Waals surface area contributed by atoms with Gasteiger partial charge in [-0.1, -0.05) is 43.7 Å². The van der Waals surface area contributed by atoms with Crippen LogP contribution in [0, 0.1) is 12.8 Å². The Morgan fingerprint density at radius 3 is 2.75 bits per heavy atom. The number of hydrogen-bond donors (Lipinski definition) is 0. The Bertz CT molecular complexity index is 1180. The monoisotopic (exact) mass is 454 g/mol. The van der Waals surface area contributed by atoms with Crippen molar-refractivity contribution in [1.29, 1.82) is 0 Å². The summed E-state index contributed by atoms with van der Waals surface area (Å²) in [5.41, 5.74) is 1.04. The van der Waals surface area contributed by atoms with Crippen molar-refractivity contribution < 1.29 is 19.1 Å². The van der Waals surface area contributed by atoms with Gasteiger partial charge in [-0.2, -0.15) is 0 Å². The minimum Gasteiger partial charge on any atom is -0.461 e. The van der Waals surface area contributed by atoms with E-state index in [1.807, 2.05) is 30.3 Å². The maximum atomic E-state index is 13.0. The Morgan fingerprint density at radius 2 is 2.00 bits per heavy atom. The van der Waals surface area contributed by atoms with Crippen LogP contribution in [0.3, 0.4) is 0 Å². The topological polar surface area (TPSA) is 87.5 Å². The van der Waals surface area contributed by atoms with Crippen molar-refractivity contribution in [2.75, 3.05) is 0 Å². The molecule has 0 aliphatic heterocycles. The first-order valence-electron chi connectivity index (χ1n) is 10.8. The molecule has 0 bridgehead atoms. The molecule has 0 radical (unpaired) electrons. The van der Waals surface area contributed by atoms with Gasteiger partial charge in [-0.05, 0) is 43.2 Å². The third kappa shape index (κ3) is 4.91. The normalized spacial score (nSPS) is 18.4. The molecular weight excluding hydrogens is 428 g/mol. The maximum absolute atomic E-state index is 13.0. The predicted molar refractivity (Wildman–Crippen MR) is 122 cm³/mol. The Kier molecular flexibility index (Phi) is 6.69. The van der Waals surface area contributed by atoms with Crippen molar-refractivity contribution in [2.24, 2.45) is 5.92 Å². The molecule has 32 heavy (non-hydrogen) atoms. The second kappa shape index (κ2) is 9.65. The Hall–Kier alpha value is -3.00. The highest BCUT2D eigenvalue weighted by Crippen LogP contribution is 2.28. The summed E-state index contributed by atoms with van der Waals surface area (Å²) in [6.07, 6.45) is 5.17. The molecule has 3 aromatic rings. The molecule has 2 atom stereocenters. The number of benzene rings is 1. The molecule has 8 heteroatoms. The zero-order valence-electron chi connectivity index (χ0n) is 18.2. The number of nitrogens with zero attached hydrogens (tertiary/aromatic N) is 2. The third-order valence-corrected chi connectivity index (χ3v) is 6.98. The molecule has 0 N–H and O–H groups in total. The van der Waals surface area contributed by atoms with E-state index in [-0.39, 0.29) is 24.8 Å². The largest absolute Gasteiger partial charge is 0.461 e. The number of hydrogen-bond acceptors (Lipinski definition) is 7. The summed E-state index contributed by atoms with van der Waals surface area (Å²) < 4.78 is 12.2. The zero-order chi connectivity index (χ0) is 22.7. The summed E-state index contributed by atoms with van der Waals surface area (Å²) in [5.74, 6) is -0.398. The number of aryl methyl sites for hydroxylation is 1. The van der Waals surface area contributed by atoms with Gasteiger partial charge >= 0.3 is 11.9 Å². The summed E-state index contributed by atoms with van der Waals surface area (Å²) in [6.45, 7) is 3.81. The lowest BCUT2D eigenvalue weighted by molar-refractivity contribution is -0.152. The van der Waals surface area contributed by atoms with Crippen molar-refractivity contribution in [2.45, 2.75) is 58.8 Å². The molecule has 0 spiro atoms. The number of ether oxygens (including phenoxy) is 2. The fourth-order valence-electron chi connectivity index (χ4n) is 4.10. The molecule has 1 saturated carbocycles. The first-order chi connectivity index (χ1) is 15.4. The first-order valence-corrected chi connectivity index (χ1v) is 11.6. The Labute approximate surface area is 190 Å². The van der Waals surface area contributed by atoms with E-state index in [9.17, 15) is 14.4 Å². The average molecular weight is 455 g/mol. The van der Waals surface area contributed by atoms with Gasteiger partial charge in [0.05, 0.1) is 11.7 Å². The number of carbonyl (C=O) groups is 2. The third-order valence-electron chi connectivity index (χ3n) is 5.80. The number of rotatable bonds is 6. The smallest absolute Gasteiger partial charge is 0.349 e. The van der Waals surface area contributed by atoms with Crippen LogP contribution < -0.4 is 5.56 Å². The van der Waals surface area contributed by atoms with Crippen molar-refractivity contribution >= 4 is 33.5 Å². The fourth-order valence-corrected chi connectivity index (χ4v) is 5.14. The first kappa shape index (κ1) is 22.2. The Morgan fingerprint density at radius 1 is 1.22 bits per heavy atom. The molecule has 1 aromatic carbocycles. The molecular formula is C24H26N2O5S. The zero-order valence-corrected chi connectivity index (χ0v) is 19.0. The van der Waals surface area contributed by atoms with E-state index >= 15 is 0 Å². The van der Waals surface area contributed by atoms with Crippen LogP contribution in [0.25, 0.3) is 10.2 Å². The van der Waals surface area contributed by atoms with Gasteiger partial charge in [0, 0.05) is 0 Å². The second-order valence-electron chi connectivity index (χ2n) is 8.36. The number of thiophene rings is 1. The van der Waals surface area contributed by atoms with Gasteiger partial charge in [-0.15, -0.1) is 11.3 Å². The van der Waals surface area contributed by atoms with E-state index in [1.165, 1.54) is 10.9 Å². The van der Waals surface area contributed by atoms with Crippen molar-refractivity contribution in [3.8, 4) is 0 Å². The molecule has 0 amide bonds. The highest BCUT2D eigenvalue weighted by atomic mass is 32.1. The average Bonchev–Trinajstić information content (AvgIpc) is 3.12. The summed E-state index contributed by atoms with van der Waals surface area (Å²) >= 11 is 1.12. The highest BCUT2D eigenvalue weighted by Gasteiger charge is 2.24. The lowest BCUT2D eigenvalue weighted by Crippen LogP contribution is -2.30. The van der Waals surface area contributed by atoms with Crippen molar-refractivity contribution in [3.63, 3.8) is 0 Å². The molecule has 7 nitrogen and oxygen atoms in total. The van der Waals surface area contributed by atoms with Gasteiger partial charge in [0.25, 0.3) is 5.56 Å². The van der Waals surface area contributed by atoms with Crippen molar-refractivity contribution in [3.05, 3.63) is 63.0 Å². The minimum atomic E-state index is -0.494. The molecule has 1 fully saturated rings. The number of aromatic nitrogens is 2. The predicted octanol–water partition coefficient (Wildman–Crippen LogP) is 4.25. The van der Waals surface area contributed by atoms with E-state index in [0.29, 0.717) is 26.6 Å². The highest BCUT2D eigenvalue weighted by molar-refractivity contribution is 7.20. The van der Waals surface area contributed by atoms with Gasteiger partial charge in [0.2, 0.25) is 0 Å².